The second-order valence-corrected chi connectivity index (χ2v) is 4.27. The van der Waals surface area contributed by atoms with Crippen LogP contribution in [0, 0.1) is 0 Å². The van der Waals surface area contributed by atoms with E-state index in [4.69, 9.17) is 21.1 Å². The van der Waals surface area contributed by atoms with E-state index in [2.05, 4.69) is 4.99 Å². The Bertz CT molecular complexity index is 504. The molecule has 1 saturated carbocycles. The third-order valence-corrected chi connectivity index (χ3v) is 3.34. The highest BCUT2D eigenvalue weighted by Crippen LogP contribution is 2.54. The number of hydrogen-bond acceptors (Lipinski definition) is 4. The van der Waals surface area contributed by atoms with Gasteiger partial charge in [-0.25, -0.2) is 4.79 Å². The van der Waals surface area contributed by atoms with Crippen LogP contribution in [-0.2, 0) is 10.3 Å². The minimum atomic E-state index is -0.472. The molecule has 0 atom stereocenters. The lowest BCUT2D eigenvalue weighted by atomic mass is 10.0. The molecule has 0 unspecified atom stereocenters. The van der Waals surface area contributed by atoms with E-state index in [1.807, 2.05) is 6.07 Å². The standard InChI is InChI=1S/C11H8ClNO3/c12-9-7(11(3-4-11)13-5-14)1-2-8-10(9)16-6-15-8/h1-2H,3-4,6H2. The van der Waals surface area contributed by atoms with Gasteiger partial charge in [0.05, 0.1) is 10.6 Å². The van der Waals surface area contributed by atoms with Gasteiger partial charge in [-0.05, 0) is 18.9 Å². The molecule has 0 saturated heterocycles. The Morgan fingerprint density at radius 2 is 2.19 bits per heavy atom. The van der Waals surface area contributed by atoms with E-state index >= 15 is 0 Å². The summed E-state index contributed by atoms with van der Waals surface area (Å²) in [6.45, 7) is 0.183. The minimum Gasteiger partial charge on any atom is -0.454 e. The van der Waals surface area contributed by atoms with Crippen molar-refractivity contribution in [2.24, 2.45) is 4.99 Å². The van der Waals surface area contributed by atoms with Crippen LogP contribution in [-0.4, -0.2) is 12.9 Å². The van der Waals surface area contributed by atoms with Crippen molar-refractivity contribution in [2.75, 3.05) is 6.79 Å². The van der Waals surface area contributed by atoms with Gasteiger partial charge in [-0.3, -0.25) is 0 Å². The maximum atomic E-state index is 10.4. The lowest BCUT2D eigenvalue weighted by Gasteiger charge is -2.11. The van der Waals surface area contributed by atoms with Gasteiger partial charge in [0.1, 0.15) is 0 Å². The molecule has 4 nitrogen and oxygen atoms in total. The highest BCUT2D eigenvalue weighted by molar-refractivity contribution is 6.33. The summed E-state index contributed by atoms with van der Waals surface area (Å²) in [6.07, 6.45) is 3.25. The van der Waals surface area contributed by atoms with Gasteiger partial charge in [-0.1, -0.05) is 17.7 Å². The van der Waals surface area contributed by atoms with Gasteiger partial charge in [0, 0.05) is 5.56 Å². The molecule has 0 N–H and O–H groups in total. The predicted octanol–water partition coefficient (Wildman–Crippen LogP) is 2.39. The fourth-order valence-corrected chi connectivity index (χ4v) is 2.33. The van der Waals surface area contributed by atoms with E-state index < -0.39 is 5.54 Å². The first-order valence-corrected chi connectivity index (χ1v) is 5.32. The van der Waals surface area contributed by atoms with E-state index in [-0.39, 0.29) is 6.79 Å². The number of isocyanates is 1. The Morgan fingerprint density at radius 1 is 1.38 bits per heavy atom. The summed E-state index contributed by atoms with van der Waals surface area (Å²) in [6, 6.07) is 3.63. The zero-order valence-corrected chi connectivity index (χ0v) is 9.08. The minimum absolute atomic E-state index is 0.183. The number of benzene rings is 1. The largest absolute Gasteiger partial charge is 0.454 e. The number of fused-ring (bicyclic) bond motifs is 1. The lowest BCUT2D eigenvalue weighted by Crippen LogP contribution is -2.03. The van der Waals surface area contributed by atoms with E-state index in [1.165, 1.54) is 0 Å². The highest BCUT2D eigenvalue weighted by Gasteiger charge is 2.47. The Labute approximate surface area is 96.8 Å². The molecule has 1 aliphatic heterocycles. The Kier molecular flexibility index (Phi) is 1.96. The number of ether oxygens (including phenoxy) is 2. The molecule has 1 aromatic carbocycles. The Hall–Kier alpha value is -1.51. The third kappa shape index (κ3) is 1.24. The fraction of sp³-hybridized carbons (Fsp3) is 0.364. The first-order valence-electron chi connectivity index (χ1n) is 4.94. The normalized spacial score (nSPS) is 19.1. The first kappa shape index (κ1) is 9.70. The highest BCUT2D eigenvalue weighted by atomic mass is 35.5. The van der Waals surface area contributed by atoms with Crippen LogP contribution in [0.3, 0.4) is 0 Å². The van der Waals surface area contributed by atoms with E-state index in [1.54, 1.807) is 12.1 Å². The van der Waals surface area contributed by atoms with Crippen LogP contribution in [0.4, 0.5) is 0 Å². The smallest absolute Gasteiger partial charge is 0.235 e. The van der Waals surface area contributed by atoms with Crippen molar-refractivity contribution in [2.45, 2.75) is 18.4 Å². The van der Waals surface area contributed by atoms with Gasteiger partial charge in [0.15, 0.2) is 11.5 Å². The number of carbonyl (C=O) groups excluding carboxylic acids is 1. The van der Waals surface area contributed by atoms with Crippen LogP contribution < -0.4 is 9.47 Å². The molecule has 1 heterocycles. The zero-order valence-electron chi connectivity index (χ0n) is 8.33. The quantitative estimate of drug-likeness (QED) is 0.586. The molecule has 0 amide bonds. The van der Waals surface area contributed by atoms with Crippen molar-refractivity contribution in [3.63, 3.8) is 0 Å². The predicted molar refractivity (Wildman–Crippen MR) is 56.6 cm³/mol. The molecule has 82 valence electrons. The second kappa shape index (κ2) is 3.24. The monoisotopic (exact) mass is 237 g/mol. The van der Waals surface area contributed by atoms with Crippen LogP contribution in [0.2, 0.25) is 5.02 Å². The van der Waals surface area contributed by atoms with Crippen molar-refractivity contribution in [1.82, 2.24) is 0 Å². The Balaban J connectivity index is 2.13. The molecular weight excluding hydrogens is 230 g/mol. The van der Waals surface area contributed by atoms with Crippen molar-refractivity contribution in [3.8, 4) is 11.5 Å². The van der Waals surface area contributed by atoms with Crippen molar-refractivity contribution in [3.05, 3.63) is 22.7 Å². The number of aliphatic imine (C=N–C) groups is 1. The number of nitrogens with zero attached hydrogens (tertiary/aromatic N) is 1. The molecule has 0 aromatic heterocycles. The van der Waals surface area contributed by atoms with Gasteiger partial charge in [-0.2, -0.15) is 4.99 Å². The second-order valence-electron chi connectivity index (χ2n) is 3.90. The summed E-state index contributed by atoms with van der Waals surface area (Å²) in [5, 5.41) is 0.492. The molecule has 2 aliphatic rings. The van der Waals surface area contributed by atoms with Crippen LogP contribution in [0.25, 0.3) is 0 Å². The van der Waals surface area contributed by atoms with Crippen molar-refractivity contribution >= 4 is 17.7 Å². The van der Waals surface area contributed by atoms with Crippen LogP contribution in [0.5, 0.6) is 11.5 Å². The fourth-order valence-electron chi connectivity index (χ4n) is 1.94. The maximum Gasteiger partial charge on any atom is 0.235 e. The van der Waals surface area contributed by atoms with Crippen LogP contribution in [0.15, 0.2) is 17.1 Å². The molecule has 3 rings (SSSR count). The number of halogens is 1. The van der Waals surface area contributed by atoms with E-state index in [0.29, 0.717) is 16.5 Å². The molecular formula is C11H8ClNO3. The first-order chi connectivity index (χ1) is 7.77. The van der Waals surface area contributed by atoms with E-state index in [9.17, 15) is 4.79 Å². The molecule has 1 fully saturated rings. The average molecular weight is 238 g/mol. The molecule has 0 radical (unpaired) electrons. The summed E-state index contributed by atoms with van der Waals surface area (Å²) in [5.74, 6) is 1.19. The maximum absolute atomic E-state index is 10.4. The average Bonchev–Trinajstić information content (AvgIpc) is 2.89. The van der Waals surface area contributed by atoms with E-state index in [0.717, 1.165) is 18.4 Å². The molecule has 1 aromatic rings. The van der Waals surface area contributed by atoms with Crippen LogP contribution in [0.1, 0.15) is 18.4 Å². The topological polar surface area (TPSA) is 47.9 Å². The SMILES string of the molecule is O=C=NC1(c2ccc3c(c2Cl)OCO3)CC1. The molecule has 1 aliphatic carbocycles. The van der Waals surface area contributed by atoms with Crippen molar-refractivity contribution in [1.29, 1.82) is 0 Å². The number of rotatable bonds is 2. The van der Waals surface area contributed by atoms with Crippen molar-refractivity contribution < 1.29 is 14.3 Å². The summed E-state index contributed by atoms with van der Waals surface area (Å²) in [4.78, 5) is 14.2. The zero-order chi connectivity index (χ0) is 11.2. The summed E-state index contributed by atoms with van der Waals surface area (Å²) >= 11 is 6.22. The number of hydrogen-bond donors (Lipinski definition) is 0. The van der Waals surface area contributed by atoms with Gasteiger partial charge >= 0.3 is 0 Å². The van der Waals surface area contributed by atoms with Gasteiger partial charge in [-0.15, -0.1) is 0 Å². The summed E-state index contributed by atoms with van der Waals surface area (Å²) in [5.41, 5.74) is 0.349. The Morgan fingerprint density at radius 3 is 2.88 bits per heavy atom. The molecule has 5 heteroatoms. The molecule has 16 heavy (non-hydrogen) atoms. The summed E-state index contributed by atoms with van der Waals surface area (Å²) in [7, 11) is 0. The molecule has 0 spiro atoms. The summed E-state index contributed by atoms with van der Waals surface area (Å²) < 4.78 is 10.5. The third-order valence-electron chi connectivity index (χ3n) is 2.96. The molecule has 0 bridgehead atoms. The van der Waals surface area contributed by atoms with Crippen LogP contribution >= 0.6 is 11.6 Å². The van der Waals surface area contributed by atoms with Gasteiger partial charge < -0.3 is 9.47 Å². The van der Waals surface area contributed by atoms with Gasteiger partial charge in [0.2, 0.25) is 12.9 Å². The van der Waals surface area contributed by atoms with Gasteiger partial charge in [0.25, 0.3) is 0 Å². The lowest BCUT2D eigenvalue weighted by molar-refractivity contribution is 0.174.